The lowest BCUT2D eigenvalue weighted by Crippen LogP contribution is -2.25. The van der Waals surface area contributed by atoms with Gasteiger partial charge in [0.1, 0.15) is 11.9 Å². The molecule has 3 rings (SSSR count). The fourth-order valence-corrected chi connectivity index (χ4v) is 2.72. The summed E-state index contributed by atoms with van der Waals surface area (Å²) >= 11 is 0. The Bertz CT molecular complexity index is 689. The van der Waals surface area contributed by atoms with E-state index in [-0.39, 0.29) is 12.0 Å². The van der Waals surface area contributed by atoms with Gasteiger partial charge in [-0.05, 0) is 18.2 Å². The van der Waals surface area contributed by atoms with Gasteiger partial charge in [-0.3, -0.25) is 0 Å². The second-order valence-corrected chi connectivity index (χ2v) is 5.53. The molecule has 2 heterocycles. The number of pyridine rings is 1. The molecule has 0 N–H and O–H groups in total. The van der Waals surface area contributed by atoms with Crippen molar-refractivity contribution in [3.8, 4) is 11.6 Å². The highest BCUT2D eigenvalue weighted by molar-refractivity contribution is 5.59. The standard InChI is InChI=1S/C17H17F3N2O2/c1-23-15-5-3-2-4-14(15)22-9-8-13(11-22)24-16-7-6-12(10-21-16)17(18,19)20/h2-7,10,13H,8-9,11H2,1H3. The van der Waals surface area contributed by atoms with Gasteiger partial charge in [0.15, 0.2) is 0 Å². The van der Waals surface area contributed by atoms with Crippen molar-refractivity contribution in [3.63, 3.8) is 0 Å². The molecule has 4 nitrogen and oxygen atoms in total. The first-order valence-corrected chi connectivity index (χ1v) is 7.55. The minimum atomic E-state index is -4.39. The highest BCUT2D eigenvalue weighted by Gasteiger charge is 2.31. The van der Waals surface area contributed by atoms with Crippen molar-refractivity contribution in [2.45, 2.75) is 18.7 Å². The third-order valence-corrected chi connectivity index (χ3v) is 3.92. The molecule has 128 valence electrons. The molecule has 0 amide bonds. The predicted molar refractivity (Wildman–Crippen MR) is 83.5 cm³/mol. The van der Waals surface area contributed by atoms with Gasteiger partial charge in [0.05, 0.1) is 24.9 Å². The Labute approximate surface area is 137 Å². The smallest absolute Gasteiger partial charge is 0.417 e. The molecule has 0 spiro atoms. The van der Waals surface area contributed by atoms with Crippen LogP contribution in [0.25, 0.3) is 0 Å². The van der Waals surface area contributed by atoms with E-state index < -0.39 is 11.7 Å². The number of halogens is 3. The van der Waals surface area contributed by atoms with Crippen LogP contribution in [0.3, 0.4) is 0 Å². The first-order valence-electron chi connectivity index (χ1n) is 7.55. The molecule has 0 radical (unpaired) electrons. The third-order valence-electron chi connectivity index (χ3n) is 3.92. The molecule has 1 unspecified atom stereocenters. The molecule has 0 bridgehead atoms. The topological polar surface area (TPSA) is 34.6 Å². The number of hydrogen-bond donors (Lipinski definition) is 0. The van der Waals surface area contributed by atoms with Gasteiger partial charge in [-0.15, -0.1) is 0 Å². The number of ether oxygens (including phenoxy) is 2. The second-order valence-electron chi connectivity index (χ2n) is 5.53. The van der Waals surface area contributed by atoms with Gasteiger partial charge in [-0.25, -0.2) is 4.98 Å². The predicted octanol–water partition coefficient (Wildman–Crippen LogP) is 3.77. The number of hydrogen-bond acceptors (Lipinski definition) is 4. The number of benzene rings is 1. The maximum Gasteiger partial charge on any atom is 0.417 e. The van der Waals surface area contributed by atoms with Crippen LogP contribution in [-0.2, 0) is 6.18 Å². The van der Waals surface area contributed by atoms with E-state index in [0.29, 0.717) is 6.54 Å². The SMILES string of the molecule is COc1ccccc1N1CCC(Oc2ccc(C(F)(F)F)cn2)C1. The quantitative estimate of drug-likeness (QED) is 0.850. The summed E-state index contributed by atoms with van der Waals surface area (Å²) in [5.74, 6) is 0.987. The van der Waals surface area contributed by atoms with Gasteiger partial charge >= 0.3 is 6.18 Å². The van der Waals surface area contributed by atoms with E-state index in [1.807, 2.05) is 24.3 Å². The van der Waals surface area contributed by atoms with E-state index in [9.17, 15) is 13.2 Å². The molecule has 1 aromatic heterocycles. The Morgan fingerprint density at radius 2 is 1.96 bits per heavy atom. The fraction of sp³-hybridized carbons (Fsp3) is 0.353. The van der Waals surface area contributed by atoms with E-state index in [4.69, 9.17) is 9.47 Å². The molecule has 1 atom stereocenters. The number of alkyl halides is 3. The van der Waals surface area contributed by atoms with Gasteiger partial charge in [0, 0.05) is 25.2 Å². The number of rotatable bonds is 4. The summed E-state index contributed by atoms with van der Waals surface area (Å²) in [7, 11) is 1.62. The second kappa shape index (κ2) is 6.59. The highest BCUT2D eigenvalue weighted by Crippen LogP contribution is 2.32. The summed E-state index contributed by atoms with van der Waals surface area (Å²) in [4.78, 5) is 5.89. The first kappa shape index (κ1) is 16.4. The first-order chi connectivity index (χ1) is 11.5. The normalized spacial score (nSPS) is 17.8. The monoisotopic (exact) mass is 338 g/mol. The van der Waals surface area contributed by atoms with Crippen molar-refractivity contribution in [1.29, 1.82) is 0 Å². The molecule has 1 aromatic carbocycles. The summed E-state index contributed by atoms with van der Waals surface area (Å²) in [5.41, 5.74) is 0.198. The molecule has 24 heavy (non-hydrogen) atoms. The number of anilines is 1. The summed E-state index contributed by atoms with van der Waals surface area (Å²) in [6.07, 6.45) is -2.96. The van der Waals surface area contributed by atoms with Gasteiger partial charge in [-0.2, -0.15) is 13.2 Å². The Morgan fingerprint density at radius 1 is 1.17 bits per heavy atom. The Kier molecular flexibility index (Phi) is 4.51. The van der Waals surface area contributed by atoms with Crippen molar-refractivity contribution in [1.82, 2.24) is 4.98 Å². The summed E-state index contributed by atoms with van der Waals surface area (Å²) < 4.78 is 48.7. The third kappa shape index (κ3) is 3.55. The molecule has 1 fully saturated rings. The van der Waals surface area contributed by atoms with E-state index in [0.717, 1.165) is 36.7 Å². The molecule has 1 aliphatic rings. The van der Waals surface area contributed by atoms with Crippen molar-refractivity contribution < 1.29 is 22.6 Å². The van der Waals surface area contributed by atoms with Gasteiger partial charge in [-0.1, -0.05) is 12.1 Å². The molecular weight excluding hydrogens is 321 g/mol. The minimum absolute atomic E-state index is 0.126. The van der Waals surface area contributed by atoms with Crippen LogP contribution in [0.15, 0.2) is 42.6 Å². The van der Waals surface area contributed by atoms with Gasteiger partial charge in [0.25, 0.3) is 0 Å². The van der Waals surface area contributed by atoms with Crippen molar-refractivity contribution >= 4 is 5.69 Å². The average molecular weight is 338 g/mol. The van der Waals surface area contributed by atoms with Crippen LogP contribution in [0.4, 0.5) is 18.9 Å². The van der Waals surface area contributed by atoms with E-state index in [1.165, 1.54) is 6.07 Å². The lowest BCUT2D eigenvalue weighted by Gasteiger charge is -2.21. The molecule has 1 aliphatic heterocycles. The zero-order chi connectivity index (χ0) is 17.2. The molecule has 7 heteroatoms. The van der Waals surface area contributed by atoms with E-state index in [1.54, 1.807) is 7.11 Å². The Balaban J connectivity index is 1.64. The number of para-hydroxylation sites is 2. The van der Waals surface area contributed by atoms with Crippen LogP contribution in [0.5, 0.6) is 11.6 Å². The number of nitrogens with zero attached hydrogens (tertiary/aromatic N) is 2. The minimum Gasteiger partial charge on any atom is -0.495 e. The molecule has 2 aromatic rings. The summed E-state index contributed by atoms with van der Waals surface area (Å²) in [6, 6.07) is 9.93. The number of aromatic nitrogens is 1. The zero-order valence-electron chi connectivity index (χ0n) is 13.1. The molecule has 1 saturated heterocycles. The Morgan fingerprint density at radius 3 is 2.62 bits per heavy atom. The number of methoxy groups -OCH3 is 1. The maximum absolute atomic E-state index is 12.5. The van der Waals surface area contributed by atoms with Crippen LogP contribution >= 0.6 is 0 Å². The highest BCUT2D eigenvalue weighted by atomic mass is 19.4. The van der Waals surface area contributed by atoms with Crippen LogP contribution < -0.4 is 14.4 Å². The molecular formula is C17H17F3N2O2. The lowest BCUT2D eigenvalue weighted by atomic mass is 10.2. The maximum atomic E-state index is 12.5. The fourth-order valence-electron chi connectivity index (χ4n) is 2.72. The van der Waals surface area contributed by atoms with Gasteiger partial charge in [0.2, 0.25) is 5.88 Å². The van der Waals surface area contributed by atoms with Crippen LogP contribution in [0.2, 0.25) is 0 Å². The van der Waals surface area contributed by atoms with Crippen molar-refractivity contribution in [2.75, 3.05) is 25.1 Å². The van der Waals surface area contributed by atoms with E-state index >= 15 is 0 Å². The van der Waals surface area contributed by atoms with Crippen molar-refractivity contribution in [2.24, 2.45) is 0 Å². The average Bonchev–Trinajstić information content (AvgIpc) is 3.03. The zero-order valence-corrected chi connectivity index (χ0v) is 13.1. The molecule has 0 aliphatic carbocycles. The summed E-state index contributed by atoms with van der Waals surface area (Å²) in [5, 5.41) is 0. The van der Waals surface area contributed by atoms with Crippen LogP contribution in [-0.4, -0.2) is 31.3 Å². The van der Waals surface area contributed by atoms with E-state index in [2.05, 4.69) is 9.88 Å². The van der Waals surface area contributed by atoms with Gasteiger partial charge < -0.3 is 14.4 Å². The largest absolute Gasteiger partial charge is 0.495 e. The van der Waals surface area contributed by atoms with Crippen molar-refractivity contribution in [3.05, 3.63) is 48.2 Å². The van der Waals surface area contributed by atoms with Crippen LogP contribution in [0, 0.1) is 0 Å². The van der Waals surface area contributed by atoms with Crippen LogP contribution in [0.1, 0.15) is 12.0 Å². The molecule has 0 saturated carbocycles. The lowest BCUT2D eigenvalue weighted by molar-refractivity contribution is -0.137. The Hall–Kier alpha value is -2.44. The summed E-state index contributed by atoms with van der Waals surface area (Å²) in [6.45, 7) is 1.41.